The Bertz CT molecular complexity index is 710. The van der Waals surface area contributed by atoms with Crippen LogP contribution in [0.15, 0.2) is 42.6 Å². The number of anilines is 3. The number of hydrogen-bond donors (Lipinski definition) is 1. The minimum absolute atomic E-state index is 0.250. The maximum absolute atomic E-state index is 9.93. The van der Waals surface area contributed by atoms with Gasteiger partial charge < -0.3 is 19.8 Å². The molecule has 26 heavy (non-hydrogen) atoms. The lowest BCUT2D eigenvalue weighted by Gasteiger charge is -2.31. The molecule has 2 aromatic rings. The lowest BCUT2D eigenvalue weighted by atomic mass is 10.1. The topological polar surface area (TPSA) is 55.7 Å². The zero-order valence-corrected chi connectivity index (χ0v) is 15.2. The first-order valence-electron chi connectivity index (χ1n) is 9.60. The van der Waals surface area contributed by atoms with Crippen LogP contribution in [-0.2, 0) is 0 Å². The van der Waals surface area contributed by atoms with Gasteiger partial charge >= 0.3 is 0 Å². The largest absolute Gasteiger partial charge is 0.391 e. The second-order valence-electron chi connectivity index (χ2n) is 7.12. The highest BCUT2D eigenvalue weighted by molar-refractivity contribution is 5.48. The van der Waals surface area contributed by atoms with Crippen LogP contribution in [0.2, 0.25) is 0 Å². The van der Waals surface area contributed by atoms with Crippen molar-refractivity contribution in [3.63, 3.8) is 0 Å². The lowest BCUT2D eigenvalue weighted by Crippen LogP contribution is -2.39. The molecule has 2 fully saturated rings. The van der Waals surface area contributed by atoms with Crippen LogP contribution in [0.1, 0.15) is 19.3 Å². The summed E-state index contributed by atoms with van der Waals surface area (Å²) in [5.41, 5.74) is 1.28. The van der Waals surface area contributed by atoms with Crippen molar-refractivity contribution in [1.29, 1.82) is 0 Å². The summed E-state index contributed by atoms with van der Waals surface area (Å²) in [7, 11) is 0. The minimum atomic E-state index is -0.250. The van der Waals surface area contributed by atoms with Crippen LogP contribution >= 0.6 is 0 Å². The first-order valence-corrected chi connectivity index (χ1v) is 9.60. The number of aliphatic hydroxyl groups is 1. The summed E-state index contributed by atoms with van der Waals surface area (Å²) in [5, 5.41) is 9.93. The summed E-state index contributed by atoms with van der Waals surface area (Å²) in [5.74, 6) is 1.73. The number of β-amino-alcohol motifs (C(OH)–C–C–N with tert-alkyl or cyclic N) is 1. The average Bonchev–Trinajstić information content (AvgIpc) is 2.95. The van der Waals surface area contributed by atoms with E-state index in [0.717, 1.165) is 63.8 Å². The molecule has 0 unspecified atom stereocenters. The van der Waals surface area contributed by atoms with E-state index in [1.165, 1.54) is 5.69 Å². The third-order valence-electron chi connectivity index (χ3n) is 5.25. The average molecular weight is 353 g/mol. The highest BCUT2D eigenvalue weighted by Crippen LogP contribution is 2.22. The highest BCUT2D eigenvalue weighted by Gasteiger charge is 2.21. The Morgan fingerprint density at radius 2 is 1.62 bits per heavy atom. The minimum Gasteiger partial charge on any atom is -0.391 e. The standard InChI is InChI=1S/C20H27N5O/c26-18-8-4-11-25(16-18)19-9-10-21-20(22-19)24-13-5-12-23(14-15-24)17-6-2-1-3-7-17/h1-3,6-7,9-10,18,26H,4-5,8,11-16H2/t18-/m1/s1. The molecule has 0 spiro atoms. The molecule has 2 saturated heterocycles. The van der Waals surface area contributed by atoms with E-state index in [-0.39, 0.29) is 6.10 Å². The summed E-state index contributed by atoms with van der Waals surface area (Å²) in [6, 6.07) is 12.6. The van der Waals surface area contributed by atoms with Crippen molar-refractivity contribution < 1.29 is 5.11 Å². The molecule has 138 valence electrons. The van der Waals surface area contributed by atoms with Gasteiger partial charge in [-0.1, -0.05) is 18.2 Å². The van der Waals surface area contributed by atoms with Gasteiger partial charge in [0, 0.05) is 51.2 Å². The van der Waals surface area contributed by atoms with Crippen molar-refractivity contribution in [3.8, 4) is 0 Å². The van der Waals surface area contributed by atoms with Crippen molar-refractivity contribution in [2.75, 3.05) is 54.0 Å². The summed E-state index contributed by atoms with van der Waals surface area (Å²) < 4.78 is 0. The van der Waals surface area contributed by atoms with Crippen molar-refractivity contribution in [1.82, 2.24) is 9.97 Å². The second kappa shape index (κ2) is 7.91. The third-order valence-corrected chi connectivity index (χ3v) is 5.25. The van der Waals surface area contributed by atoms with E-state index in [9.17, 15) is 5.11 Å². The van der Waals surface area contributed by atoms with E-state index >= 15 is 0 Å². The number of aromatic nitrogens is 2. The maximum atomic E-state index is 9.93. The SMILES string of the molecule is O[C@@H]1CCCN(c2ccnc(N3CCCN(c4ccccc4)CC3)n2)C1. The van der Waals surface area contributed by atoms with Crippen LogP contribution in [0.4, 0.5) is 17.5 Å². The van der Waals surface area contributed by atoms with Crippen molar-refractivity contribution >= 4 is 17.5 Å². The van der Waals surface area contributed by atoms with E-state index in [2.05, 4.69) is 50.0 Å². The quantitative estimate of drug-likeness (QED) is 0.913. The van der Waals surface area contributed by atoms with E-state index < -0.39 is 0 Å². The summed E-state index contributed by atoms with van der Waals surface area (Å²) in [6.07, 6.45) is 4.58. The van der Waals surface area contributed by atoms with E-state index in [1.807, 2.05) is 12.3 Å². The molecule has 0 bridgehead atoms. The highest BCUT2D eigenvalue weighted by atomic mass is 16.3. The normalized spacial score (nSPS) is 21.6. The fraction of sp³-hybridized carbons (Fsp3) is 0.500. The number of aliphatic hydroxyl groups excluding tert-OH is 1. The monoisotopic (exact) mass is 353 g/mol. The van der Waals surface area contributed by atoms with Gasteiger partial charge in [-0.3, -0.25) is 0 Å². The second-order valence-corrected chi connectivity index (χ2v) is 7.12. The number of rotatable bonds is 3. The Balaban J connectivity index is 1.45. The van der Waals surface area contributed by atoms with E-state index in [4.69, 9.17) is 4.98 Å². The fourth-order valence-corrected chi connectivity index (χ4v) is 3.84. The molecule has 1 aromatic carbocycles. The van der Waals surface area contributed by atoms with Crippen LogP contribution in [0.25, 0.3) is 0 Å². The molecule has 6 heteroatoms. The van der Waals surface area contributed by atoms with Crippen LogP contribution in [-0.4, -0.2) is 60.4 Å². The van der Waals surface area contributed by atoms with Gasteiger partial charge in [0.2, 0.25) is 5.95 Å². The fourth-order valence-electron chi connectivity index (χ4n) is 3.84. The Morgan fingerprint density at radius 1 is 0.846 bits per heavy atom. The summed E-state index contributed by atoms with van der Waals surface area (Å²) in [6.45, 7) is 5.53. The van der Waals surface area contributed by atoms with Crippen molar-refractivity contribution in [2.24, 2.45) is 0 Å². The van der Waals surface area contributed by atoms with Gasteiger partial charge in [0.25, 0.3) is 0 Å². The molecule has 4 rings (SSSR count). The molecule has 6 nitrogen and oxygen atoms in total. The molecular weight excluding hydrogens is 326 g/mol. The van der Waals surface area contributed by atoms with Gasteiger partial charge in [-0.05, 0) is 37.5 Å². The molecular formula is C20H27N5O. The molecule has 1 atom stereocenters. The Hall–Kier alpha value is -2.34. The Morgan fingerprint density at radius 3 is 2.46 bits per heavy atom. The molecule has 2 aliphatic heterocycles. The zero-order valence-electron chi connectivity index (χ0n) is 15.2. The molecule has 3 heterocycles. The third kappa shape index (κ3) is 3.90. The Kier molecular flexibility index (Phi) is 5.20. The summed E-state index contributed by atoms with van der Waals surface area (Å²) >= 11 is 0. The predicted octanol–water partition coefficient (Wildman–Crippen LogP) is 2.15. The van der Waals surface area contributed by atoms with Crippen molar-refractivity contribution in [2.45, 2.75) is 25.4 Å². The maximum Gasteiger partial charge on any atom is 0.227 e. The van der Waals surface area contributed by atoms with Gasteiger partial charge in [0.15, 0.2) is 0 Å². The van der Waals surface area contributed by atoms with Crippen molar-refractivity contribution in [3.05, 3.63) is 42.6 Å². The molecule has 2 aliphatic rings. The van der Waals surface area contributed by atoms with Gasteiger partial charge in [-0.15, -0.1) is 0 Å². The number of piperidine rings is 1. The molecule has 0 amide bonds. The van der Waals surface area contributed by atoms with E-state index in [1.54, 1.807) is 0 Å². The molecule has 0 radical (unpaired) electrons. The smallest absolute Gasteiger partial charge is 0.227 e. The summed E-state index contributed by atoms with van der Waals surface area (Å²) in [4.78, 5) is 16.2. The number of hydrogen-bond acceptors (Lipinski definition) is 6. The zero-order chi connectivity index (χ0) is 17.8. The van der Waals surface area contributed by atoms with Crippen LogP contribution < -0.4 is 14.7 Å². The van der Waals surface area contributed by atoms with Gasteiger partial charge in [0.05, 0.1) is 6.10 Å². The van der Waals surface area contributed by atoms with Crippen LogP contribution in [0, 0.1) is 0 Å². The molecule has 1 aromatic heterocycles. The van der Waals surface area contributed by atoms with E-state index in [0.29, 0.717) is 6.54 Å². The van der Waals surface area contributed by atoms with Gasteiger partial charge in [0.1, 0.15) is 5.82 Å². The predicted molar refractivity (Wildman–Crippen MR) is 105 cm³/mol. The molecule has 1 N–H and O–H groups in total. The van der Waals surface area contributed by atoms with Crippen LogP contribution in [0.5, 0.6) is 0 Å². The number of benzene rings is 1. The van der Waals surface area contributed by atoms with Gasteiger partial charge in [-0.25, -0.2) is 4.98 Å². The Labute approximate surface area is 155 Å². The number of nitrogens with zero attached hydrogens (tertiary/aromatic N) is 5. The van der Waals surface area contributed by atoms with Gasteiger partial charge in [-0.2, -0.15) is 4.98 Å². The van der Waals surface area contributed by atoms with Crippen LogP contribution in [0.3, 0.4) is 0 Å². The lowest BCUT2D eigenvalue weighted by molar-refractivity contribution is 0.154. The first kappa shape index (κ1) is 17.1. The number of para-hydroxylation sites is 1. The first-order chi connectivity index (χ1) is 12.8. The molecule has 0 saturated carbocycles. The molecule has 0 aliphatic carbocycles.